The number of aliphatic hydroxyl groups excluding tert-OH is 1. The molecule has 1 aromatic rings. The van der Waals surface area contributed by atoms with E-state index in [1.54, 1.807) is 0 Å². The van der Waals surface area contributed by atoms with E-state index in [2.05, 4.69) is 0 Å². The van der Waals surface area contributed by atoms with Gasteiger partial charge in [0.15, 0.2) is 0 Å². The molecule has 1 unspecified atom stereocenters. The summed E-state index contributed by atoms with van der Waals surface area (Å²) in [4.78, 5) is 0. The number of nitrogens with two attached hydrogens (primary N) is 1. The van der Waals surface area contributed by atoms with E-state index in [-0.39, 0.29) is 12.7 Å². The van der Waals surface area contributed by atoms with Crippen LogP contribution in [0.15, 0.2) is 24.3 Å². The molecular formula is C12H19NO2. The number of aryl methyl sites for hydroxylation is 1. The highest BCUT2D eigenvalue weighted by Crippen LogP contribution is 2.20. The summed E-state index contributed by atoms with van der Waals surface area (Å²) in [7, 11) is 0. The molecule has 3 nitrogen and oxygen atoms in total. The summed E-state index contributed by atoms with van der Waals surface area (Å²) < 4.78 is 5.60. The van der Waals surface area contributed by atoms with Crippen molar-refractivity contribution in [1.82, 2.24) is 0 Å². The monoisotopic (exact) mass is 209 g/mol. The first kappa shape index (κ1) is 12.0. The maximum atomic E-state index is 8.92. The van der Waals surface area contributed by atoms with Crippen LogP contribution < -0.4 is 10.5 Å². The van der Waals surface area contributed by atoms with E-state index in [0.29, 0.717) is 6.54 Å². The van der Waals surface area contributed by atoms with E-state index in [4.69, 9.17) is 15.6 Å². The van der Waals surface area contributed by atoms with Gasteiger partial charge in [-0.15, -0.1) is 0 Å². The van der Waals surface area contributed by atoms with Crippen LogP contribution >= 0.6 is 0 Å². The lowest BCUT2D eigenvalue weighted by molar-refractivity contribution is 0.128. The molecule has 0 aliphatic heterocycles. The number of benzene rings is 1. The van der Waals surface area contributed by atoms with Gasteiger partial charge in [-0.1, -0.05) is 18.2 Å². The zero-order valence-electron chi connectivity index (χ0n) is 9.15. The Morgan fingerprint density at radius 3 is 2.80 bits per heavy atom. The van der Waals surface area contributed by atoms with Gasteiger partial charge >= 0.3 is 0 Å². The molecule has 0 aliphatic rings. The number of para-hydroxylation sites is 1. The molecule has 1 rings (SSSR count). The number of ether oxygens (including phenoxy) is 1. The molecule has 3 N–H and O–H groups in total. The lowest BCUT2D eigenvalue weighted by Crippen LogP contribution is -2.17. The summed E-state index contributed by atoms with van der Waals surface area (Å²) in [5.74, 6) is 0.854. The molecule has 0 fully saturated rings. The summed E-state index contributed by atoms with van der Waals surface area (Å²) in [6.07, 6.45) is 1.71. The molecule has 1 aromatic carbocycles. The Hall–Kier alpha value is -1.06. The largest absolute Gasteiger partial charge is 0.488 e. The predicted molar refractivity (Wildman–Crippen MR) is 61.0 cm³/mol. The molecule has 0 aliphatic carbocycles. The van der Waals surface area contributed by atoms with Crippen molar-refractivity contribution in [3.63, 3.8) is 0 Å². The normalized spacial score (nSPS) is 12.5. The highest BCUT2D eigenvalue weighted by atomic mass is 16.5. The van der Waals surface area contributed by atoms with Crippen molar-refractivity contribution in [1.29, 1.82) is 0 Å². The van der Waals surface area contributed by atoms with Crippen molar-refractivity contribution in [2.75, 3.05) is 13.2 Å². The topological polar surface area (TPSA) is 55.5 Å². The summed E-state index contributed by atoms with van der Waals surface area (Å²) in [6, 6.07) is 7.89. The van der Waals surface area contributed by atoms with E-state index >= 15 is 0 Å². The molecule has 0 aromatic heterocycles. The average Bonchev–Trinajstić information content (AvgIpc) is 2.28. The fourth-order valence-electron chi connectivity index (χ4n) is 1.37. The number of rotatable bonds is 6. The minimum atomic E-state index is -0.163. The van der Waals surface area contributed by atoms with Crippen molar-refractivity contribution < 1.29 is 9.84 Å². The molecule has 84 valence electrons. The van der Waals surface area contributed by atoms with Gasteiger partial charge in [0.05, 0.1) is 6.61 Å². The van der Waals surface area contributed by atoms with Gasteiger partial charge in [-0.25, -0.2) is 0 Å². The van der Waals surface area contributed by atoms with Gasteiger partial charge in [0.1, 0.15) is 11.9 Å². The van der Waals surface area contributed by atoms with Crippen LogP contribution in [-0.4, -0.2) is 24.4 Å². The predicted octanol–water partition coefficient (Wildman–Crippen LogP) is 1.34. The lowest BCUT2D eigenvalue weighted by atomic mass is 10.1. The van der Waals surface area contributed by atoms with Crippen LogP contribution in [-0.2, 0) is 6.42 Å². The van der Waals surface area contributed by atoms with Crippen LogP contribution in [0.3, 0.4) is 0 Å². The van der Waals surface area contributed by atoms with Crippen molar-refractivity contribution in [3.05, 3.63) is 29.8 Å². The van der Waals surface area contributed by atoms with Gasteiger partial charge in [-0.2, -0.15) is 0 Å². The van der Waals surface area contributed by atoms with E-state index in [9.17, 15) is 0 Å². The molecule has 0 spiro atoms. The Balaban J connectivity index is 2.67. The second kappa shape index (κ2) is 6.43. The molecule has 0 amide bonds. The van der Waals surface area contributed by atoms with Crippen molar-refractivity contribution in [3.8, 4) is 5.75 Å². The summed E-state index contributed by atoms with van der Waals surface area (Å²) in [5, 5.41) is 8.92. The number of aliphatic hydroxyl groups is 1. The minimum absolute atomic E-state index is 0.0330. The summed E-state index contributed by atoms with van der Waals surface area (Å²) in [6.45, 7) is 2.56. The first-order chi connectivity index (χ1) is 7.27. The molecule has 15 heavy (non-hydrogen) atoms. The van der Waals surface area contributed by atoms with Gasteiger partial charge < -0.3 is 15.6 Å². The van der Waals surface area contributed by atoms with Gasteiger partial charge in [0, 0.05) is 0 Å². The second-order valence-electron chi connectivity index (χ2n) is 3.61. The van der Waals surface area contributed by atoms with Crippen LogP contribution in [0.4, 0.5) is 0 Å². The highest BCUT2D eigenvalue weighted by Gasteiger charge is 2.06. The second-order valence-corrected chi connectivity index (χ2v) is 3.61. The van der Waals surface area contributed by atoms with E-state index < -0.39 is 0 Å². The third-order valence-corrected chi connectivity index (χ3v) is 2.21. The first-order valence-corrected chi connectivity index (χ1v) is 5.33. The van der Waals surface area contributed by atoms with Gasteiger partial charge in [-0.05, 0) is 37.9 Å². The zero-order valence-corrected chi connectivity index (χ0v) is 9.15. The van der Waals surface area contributed by atoms with Gasteiger partial charge in [0.2, 0.25) is 0 Å². The maximum absolute atomic E-state index is 8.92. The van der Waals surface area contributed by atoms with E-state index in [1.165, 1.54) is 0 Å². The van der Waals surface area contributed by atoms with Crippen LogP contribution in [0.5, 0.6) is 5.75 Å². The Kier molecular flexibility index (Phi) is 5.15. The molecule has 0 radical (unpaired) electrons. The summed E-state index contributed by atoms with van der Waals surface area (Å²) >= 11 is 0. The lowest BCUT2D eigenvalue weighted by Gasteiger charge is -2.15. The van der Waals surface area contributed by atoms with Crippen molar-refractivity contribution in [2.45, 2.75) is 25.9 Å². The Labute approximate surface area is 90.9 Å². The first-order valence-electron chi connectivity index (χ1n) is 5.33. The smallest absolute Gasteiger partial charge is 0.123 e. The standard InChI is InChI=1S/C12H19NO2/c1-10(9-14)15-12-7-3-2-5-11(12)6-4-8-13/h2-3,5,7,10,14H,4,6,8-9,13H2,1H3. The highest BCUT2D eigenvalue weighted by molar-refractivity contribution is 5.33. The quantitative estimate of drug-likeness (QED) is 0.743. The van der Waals surface area contributed by atoms with Crippen LogP contribution in [0, 0.1) is 0 Å². The Morgan fingerprint density at radius 1 is 1.40 bits per heavy atom. The fraction of sp³-hybridized carbons (Fsp3) is 0.500. The zero-order chi connectivity index (χ0) is 11.1. The summed E-state index contributed by atoms with van der Waals surface area (Å²) in [5.41, 5.74) is 6.63. The molecule has 0 heterocycles. The molecule has 1 atom stereocenters. The third kappa shape index (κ3) is 3.90. The SMILES string of the molecule is CC(CO)Oc1ccccc1CCCN. The molecule has 0 bridgehead atoms. The van der Waals surface area contributed by atoms with Crippen LogP contribution in [0.1, 0.15) is 18.9 Å². The third-order valence-electron chi connectivity index (χ3n) is 2.21. The van der Waals surface area contributed by atoms with Crippen molar-refractivity contribution in [2.24, 2.45) is 5.73 Å². The van der Waals surface area contributed by atoms with Crippen molar-refractivity contribution >= 4 is 0 Å². The average molecular weight is 209 g/mol. The maximum Gasteiger partial charge on any atom is 0.123 e. The Bertz CT molecular complexity index is 289. The molecule has 0 saturated heterocycles. The molecular weight excluding hydrogens is 190 g/mol. The fourth-order valence-corrected chi connectivity index (χ4v) is 1.37. The van der Waals surface area contributed by atoms with E-state index in [0.717, 1.165) is 24.2 Å². The van der Waals surface area contributed by atoms with Gasteiger partial charge in [0.25, 0.3) is 0 Å². The Morgan fingerprint density at radius 2 is 2.13 bits per heavy atom. The number of hydrogen-bond donors (Lipinski definition) is 2. The molecule has 3 heteroatoms. The van der Waals surface area contributed by atoms with Crippen LogP contribution in [0.2, 0.25) is 0 Å². The van der Waals surface area contributed by atoms with E-state index in [1.807, 2.05) is 31.2 Å². The number of hydrogen-bond acceptors (Lipinski definition) is 3. The van der Waals surface area contributed by atoms with Gasteiger partial charge in [-0.3, -0.25) is 0 Å². The minimum Gasteiger partial charge on any atom is -0.488 e. The molecule has 0 saturated carbocycles. The van der Waals surface area contributed by atoms with Crippen LogP contribution in [0.25, 0.3) is 0 Å².